The fourth-order valence-corrected chi connectivity index (χ4v) is 7.90. The van der Waals surface area contributed by atoms with E-state index in [9.17, 15) is 14.9 Å². The lowest BCUT2D eigenvalue weighted by atomic mass is 9.62. The minimum atomic E-state index is -0.477. The average molecular weight is 621 g/mol. The van der Waals surface area contributed by atoms with E-state index in [0.717, 1.165) is 37.9 Å². The number of nitrogens with zero attached hydrogens (tertiary/aromatic N) is 4. The Morgan fingerprint density at radius 3 is 2.58 bits per heavy atom. The molecule has 6 rings (SSSR count). The third-order valence-corrected chi connectivity index (χ3v) is 10.1. The van der Waals surface area contributed by atoms with Crippen molar-refractivity contribution in [2.75, 3.05) is 30.8 Å². The number of rotatable bonds is 16. The number of ether oxygens (including phenoxy) is 2. The van der Waals surface area contributed by atoms with Crippen LogP contribution in [-0.4, -0.2) is 64.1 Å². The molecule has 12 nitrogen and oxygen atoms in total. The Hall–Kier alpha value is -3.93. The summed E-state index contributed by atoms with van der Waals surface area (Å²) in [4.78, 5) is 26.2. The number of nitrogens with one attached hydrogen (secondary N) is 2. The number of aryl methyl sites for hydroxylation is 1. The van der Waals surface area contributed by atoms with Crippen molar-refractivity contribution in [2.45, 2.75) is 102 Å². The number of nitro groups is 1. The van der Waals surface area contributed by atoms with Gasteiger partial charge in [0.15, 0.2) is 5.52 Å². The zero-order chi connectivity index (χ0) is 31.4. The van der Waals surface area contributed by atoms with Crippen LogP contribution in [0.3, 0.4) is 0 Å². The van der Waals surface area contributed by atoms with E-state index in [-0.39, 0.29) is 28.9 Å². The number of fused-ring (bicyclic) bond motifs is 1. The van der Waals surface area contributed by atoms with E-state index >= 15 is 0 Å². The SMILES string of the molecule is COc1ccc(C)cc1NC(=O)OC1CC2CCCC3N(CCCCCCCCCCNc4ccc([N+](=O)[O-])c5nonc45)C213. The molecule has 0 bridgehead atoms. The number of carbonyl (C=O) groups is 1. The van der Waals surface area contributed by atoms with Crippen molar-refractivity contribution in [3.05, 3.63) is 46.0 Å². The Kier molecular flexibility index (Phi) is 9.39. The predicted molar refractivity (Wildman–Crippen MR) is 171 cm³/mol. The molecule has 242 valence electrons. The summed E-state index contributed by atoms with van der Waals surface area (Å²) in [5.41, 5.74) is 2.95. The third kappa shape index (κ3) is 6.29. The van der Waals surface area contributed by atoms with Gasteiger partial charge in [-0.2, -0.15) is 0 Å². The molecule has 45 heavy (non-hydrogen) atoms. The van der Waals surface area contributed by atoms with Gasteiger partial charge < -0.3 is 14.8 Å². The van der Waals surface area contributed by atoms with Crippen molar-refractivity contribution in [2.24, 2.45) is 5.92 Å². The van der Waals surface area contributed by atoms with E-state index < -0.39 is 4.92 Å². The van der Waals surface area contributed by atoms with Crippen LogP contribution in [0.15, 0.2) is 35.0 Å². The number of benzene rings is 2. The topological polar surface area (TPSA) is 145 Å². The molecular formula is C33H44N6O6. The summed E-state index contributed by atoms with van der Waals surface area (Å²) in [6.45, 7) is 3.85. The number of methoxy groups -OCH3 is 1. The fraction of sp³-hybridized carbons (Fsp3) is 0.606. The lowest BCUT2D eigenvalue weighted by Crippen LogP contribution is -2.57. The van der Waals surface area contributed by atoms with Crippen LogP contribution in [0.2, 0.25) is 0 Å². The van der Waals surface area contributed by atoms with Gasteiger partial charge >= 0.3 is 11.8 Å². The second-order valence-electron chi connectivity index (χ2n) is 12.8. The van der Waals surface area contributed by atoms with E-state index in [1.807, 2.05) is 25.1 Å². The second kappa shape index (κ2) is 13.6. The highest BCUT2D eigenvalue weighted by atomic mass is 16.6. The maximum Gasteiger partial charge on any atom is 0.412 e. The van der Waals surface area contributed by atoms with Gasteiger partial charge in [0, 0.05) is 18.7 Å². The standard InChI is InChI=1S/C33H44N6O6/c1-22-14-17-27(43-2)25(20-22)35-32(40)44-29-21-23-12-11-13-28-33(23,29)38(28)19-10-8-6-4-3-5-7-9-18-34-24-15-16-26(39(41)42)31-30(24)36-45-37-31/h14-17,20,23,28-29,34H,3-13,18-19,21H2,1-2H3,(H,35,40). The molecule has 3 aromatic rings. The predicted octanol–water partition coefficient (Wildman–Crippen LogP) is 7.22. The number of unbranched alkanes of at least 4 members (excludes halogenated alkanes) is 7. The molecule has 2 N–H and O–H groups in total. The molecule has 12 heteroatoms. The first-order chi connectivity index (χ1) is 21.9. The molecule has 1 aromatic heterocycles. The Labute approximate surface area is 263 Å². The van der Waals surface area contributed by atoms with Crippen molar-refractivity contribution in [3.63, 3.8) is 0 Å². The molecule has 1 spiro atoms. The number of amides is 1. The number of nitro benzene ring substituents is 1. The molecule has 3 aliphatic rings. The number of carbonyl (C=O) groups excluding carboxylic acids is 1. The van der Waals surface area contributed by atoms with E-state index in [1.54, 1.807) is 13.2 Å². The number of likely N-dealkylation sites (tertiary alicyclic amines) is 1. The number of hydrogen-bond acceptors (Lipinski definition) is 10. The van der Waals surface area contributed by atoms with Crippen LogP contribution in [0.4, 0.5) is 21.9 Å². The van der Waals surface area contributed by atoms with Crippen molar-refractivity contribution in [1.82, 2.24) is 15.2 Å². The van der Waals surface area contributed by atoms with Crippen LogP contribution in [-0.2, 0) is 4.74 Å². The minimum Gasteiger partial charge on any atom is -0.495 e. The molecule has 1 aliphatic heterocycles. The zero-order valence-corrected chi connectivity index (χ0v) is 26.3. The van der Waals surface area contributed by atoms with Crippen LogP contribution in [0.25, 0.3) is 11.0 Å². The van der Waals surface area contributed by atoms with Gasteiger partial charge in [-0.05, 0) is 85.6 Å². The smallest absolute Gasteiger partial charge is 0.412 e. The number of hydrogen-bond donors (Lipinski definition) is 2. The first-order valence-corrected chi connectivity index (χ1v) is 16.5. The summed E-state index contributed by atoms with van der Waals surface area (Å²) >= 11 is 0. The number of aromatic nitrogens is 2. The highest BCUT2D eigenvalue weighted by molar-refractivity contribution is 5.93. The van der Waals surface area contributed by atoms with E-state index in [0.29, 0.717) is 34.6 Å². The van der Waals surface area contributed by atoms with Gasteiger partial charge in [0.05, 0.1) is 28.9 Å². The molecule has 0 radical (unpaired) electrons. The Balaban J connectivity index is 0.854. The number of anilines is 2. The zero-order valence-electron chi connectivity index (χ0n) is 26.3. The average Bonchev–Trinajstić information content (AvgIpc) is 3.45. The summed E-state index contributed by atoms with van der Waals surface area (Å²) in [6, 6.07) is 9.39. The quantitative estimate of drug-likeness (QED) is 0.0728. The summed E-state index contributed by atoms with van der Waals surface area (Å²) in [6.07, 6.45) is 13.7. The highest BCUT2D eigenvalue weighted by Gasteiger charge is 2.77. The molecule has 3 fully saturated rings. The van der Waals surface area contributed by atoms with Crippen LogP contribution in [0, 0.1) is 23.0 Å². The Bertz CT molecular complexity index is 1510. The van der Waals surface area contributed by atoms with E-state index in [2.05, 4.69) is 25.8 Å². The van der Waals surface area contributed by atoms with E-state index in [4.69, 9.17) is 14.1 Å². The third-order valence-electron chi connectivity index (χ3n) is 10.1. The highest BCUT2D eigenvalue weighted by Crippen LogP contribution is 2.65. The van der Waals surface area contributed by atoms with Crippen LogP contribution < -0.4 is 15.4 Å². The molecule has 2 saturated carbocycles. The minimum absolute atomic E-state index is 0.0304. The van der Waals surface area contributed by atoms with Crippen LogP contribution in [0.5, 0.6) is 5.75 Å². The lowest BCUT2D eigenvalue weighted by Gasteiger charge is -2.47. The molecule has 5 atom stereocenters. The fourth-order valence-electron chi connectivity index (χ4n) is 7.90. The summed E-state index contributed by atoms with van der Waals surface area (Å²) in [5.74, 6) is 1.28. The molecule has 2 aromatic carbocycles. The molecule has 1 saturated heterocycles. The van der Waals surface area contributed by atoms with Crippen molar-refractivity contribution >= 4 is 34.2 Å². The monoisotopic (exact) mass is 620 g/mol. The van der Waals surface area contributed by atoms with Crippen molar-refractivity contribution in [1.29, 1.82) is 0 Å². The van der Waals surface area contributed by atoms with Gasteiger partial charge in [-0.15, -0.1) is 0 Å². The van der Waals surface area contributed by atoms with Gasteiger partial charge in [-0.25, -0.2) is 9.42 Å². The first-order valence-electron chi connectivity index (χ1n) is 16.5. The van der Waals surface area contributed by atoms with Gasteiger partial charge in [-0.1, -0.05) is 51.0 Å². The van der Waals surface area contributed by atoms with Crippen LogP contribution >= 0.6 is 0 Å². The molecule has 2 aliphatic carbocycles. The second-order valence-corrected chi connectivity index (χ2v) is 12.8. The maximum absolute atomic E-state index is 12.9. The van der Waals surface area contributed by atoms with Crippen LogP contribution in [0.1, 0.15) is 82.6 Å². The summed E-state index contributed by atoms with van der Waals surface area (Å²) < 4.78 is 16.2. The Morgan fingerprint density at radius 1 is 1.04 bits per heavy atom. The van der Waals surface area contributed by atoms with Gasteiger partial charge in [0.2, 0.25) is 5.52 Å². The van der Waals surface area contributed by atoms with Gasteiger partial charge in [0.1, 0.15) is 11.9 Å². The summed E-state index contributed by atoms with van der Waals surface area (Å²) in [7, 11) is 1.60. The van der Waals surface area contributed by atoms with E-state index in [1.165, 1.54) is 63.9 Å². The summed E-state index contributed by atoms with van der Waals surface area (Å²) in [5, 5.41) is 24.9. The maximum atomic E-state index is 12.9. The number of non-ortho nitro benzene ring substituents is 1. The molecule has 2 heterocycles. The molecular weight excluding hydrogens is 576 g/mol. The largest absolute Gasteiger partial charge is 0.495 e. The molecule has 5 unspecified atom stereocenters. The molecule has 1 amide bonds. The first kappa shape index (κ1) is 31.1. The van der Waals surface area contributed by atoms with Crippen molar-refractivity contribution in [3.8, 4) is 5.75 Å². The van der Waals surface area contributed by atoms with Gasteiger partial charge in [-0.3, -0.25) is 20.3 Å². The lowest BCUT2D eigenvalue weighted by molar-refractivity contribution is -0.383. The normalized spacial score (nSPS) is 24.7. The Morgan fingerprint density at radius 2 is 1.80 bits per heavy atom. The van der Waals surface area contributed by atoms with Crippen molar-refractivity contribution < 1.29 is 23.8 Å². The van der Waals surface area contributed by atoms with Gasteiger partial charge in [0.25, 0.3) is 0 Å².